The fourth-order valence-corrected chi connectivity index (χ4v) is 4.94. The minimum absolute atomic E-state index is 0.502. The molecule has 0 spiro atoms. The van der Waals surface area contributed by atoms with Gasteiger partial charge in [0.05, 0.1) is 10.4 Å². The van der Waals surface area contributed by atoms with Gasteiger partial charge >= 0.3 is 0 Å². The largest absolute Gasteiger partial charge is 0.343 e. The molecule has 3 aromatic carbocycles. The van der Waals surface area contributed by atoms with Crippen LogP contribution in [0.2, 0.25) is 0 Å². The molecule has 0 aliphatic carbocycles. The molecule has 25 heavy (non-hydrogen) atoms. The van der Waals surface area contributed by atoms with Crippen molar-refractivity contribution in [2.24, 2.45) is 0 Å². The first-order valence-electron chi connectivity index (χ1n) is 8.81. The molecule has 0 bridgehead atoms. The summed E-state index contributed by atoms with van der Waals surface area (Å²) < 4.78 is 2.77. The first-order valence-corrected chi connectivity index (χ1v) is 9.63. The Hall–Kier alpha value is -2.32. The molecule has 0 aliphatic rings. The van der Waals surface area contributed by atoms with Crippen molar-refractivity contribution in [3.05, 3.63) is 71.8 Å². The van der Waals surface area contributed by atoms with E-state index in [-0.39, 0.29) is 0 Å². The van der Waals surface area contributed by atoms with Gasteiger partial charge < -0.3 is 4.90 Å². The van der Waals surface area contributed by atoms with Crippen LogP contribution in [0.25, 0.3) is 20.2 Å². The lowest BCUT2D eigenvalue weighted by atomic mass is 10.00. The minimum atomic E-state index is 0.502. The number of hydrogen-bond donors (Lipinski definition) is 0. The summed E-state index contributed by atoms with van der Waals surface area (Å²) in [7, 11) is 2.19. The highest BCUT2D eigenvalue weighted by Gasteiger charge is 2.16. The van der Waals surface area contributed by atoms with Gasteiger partial charge in [0.15, 0.2) is 0 Å². The summed E-state index contributed by atoms with van der Waals surface area (Å²) >= 11 is 1.91. The van der Waals surface area contributed by atoms with Gasteiger partial charge in [-0.25, -0.2) is 0 Å². The van der Waals surface area contributed by atoms with E-state index in [1.54, 1.807) is 0 Å². The summed E-state index contributed by atoms with van der Waals surface area (Å²) in [6.07, 6.45) is 0. The Kier molecular flexibility index (Phi) is 4.01. The molecule has 0 unspecified atom stereocenters. The lowest BCUT2D eigenvalue weighted by molar-refractivity contribution is 0.862. The van der Waals surface area contributed by atoms with Crippen LogP contribution in [0.4, 0.5) is 11.4 Å². The number of rotatable bonds is 3. The van der Waals surface area contributed by atoms with Gasteiger partial charge in [-0.1, -0.05) is 62.4 Å². The zero-order valence-corrected chi connectivity index (χ0v) is 16.0. The van der Waals surface area contributed by atoms with Gasteiger partial charge in [0.25, 0.3) is 0 Å². The first-order chi connectivity index (χ1) is 12.1. The molecular formula is C23H23NS. The molecule has 4 aromatic rings. The average molecular weight is 346 g/mol. The lowest BCUT2D eigenvalue weighted by Crippen LogP contribution is -2.12. The van der Waals surface area contributed by atoms with Crippen molar-refractivity contribution < 1.29 is 0 Å². The molecule has 0 fully saturated rings. The molecule has 126 valence electrons. The van der Waals surface area contributed by atoms with Crippen LogP contribution in [-0.4, -0.2) is 7.05 Å². The molecule has 0 saturated heterocycles. The molecule has 2 heteroatoms. The number of anilines is 2. The molecule has 1 aromatic heterocycles. The van der Waals surface area contributed by atoms with E-state index in [0.29, 0.717) is 5.92 Å². The van der Waals surface area contributed by atoms with E-state index in [9.17, 15) is 0 Å². The second-order valence-corrected chi connectivity index (χ2v) is 8.00. The third kappa shape index (κ3) is 2.61. The Morgan fingerprint density at radius 1 is 0.760 bits per heavy atom. The topological polar surface area (TPSA) is 3.24 Å². The summed E-state index contributed by atoms with van der Waals surface area (Å²) in [5.41, 5.74) is 5.32. The van der Waals surface area contributed by atoms with Gasteiger partial charge in [0, 0.05) is 28.2 Å². The van der Waals surface area contributed by atoms with E-state index in [1.807, 2.05) is 11.3 Å². The number of para-hydroxylation sites is 1. The highest BCUT2D eigenvalue weighted by molar-refractivity contribution is 7.26. The Morgan fingerprint density at radius 3 is 2.16 bits per heavy atom. The fraction of sp³-hybridized carbons (Fsp3) is 0.217. The quantitative estimate of drug-likeness (QED) is 0.378. The Balaban J connectivity index is 1.96. The summed E-state index contributed by atoms with van der Waals surface area (Å²) in [5, 5.41) is 2.72. The SMILES string of the molecule is Cc1cccc2c1sc1c(N(C)c3ccccc3C(C)C)cccc12. The third-order valence-corrected chi connectivity index (χ3v) is 6.36. The third-order valence-electron chi connectivity index (χ3n) is 4.98. The van der Waals surface area contributed by atoms with E-state index < -0.39 is 0 Å². The van der Waals surface area contributed by atoms with Crippen LogP contribution in [0.15, 0.2) is 60.7 Å². The van der Waals surface area contributed by atoms with E-state index in [1.165, 1.54) is 42.7 Å². The Bertz CT molecular complexity index is 1060. The summed E-state index contributed by atoms with van der Waals surface area (Å²) in [4.78, 5) is 2.35. The van der Waals surface area contributed by atoms with Gasteiger partial charge in [-0.3, -0.25) is 0 Å². The standard InChI is InChI=1S/C23H23NS/c1-15(2)17-10-5-6-13-20(17)24(4)21-14-8-12-19-18-11-7-9-16(3)22(18)25-23(19)21/h5-15H,1-4H3. The minimum Gasteiger partial charge on any atom is -0.343 e. The van der Waals surface area contributed by atoms with Crippen LogP contribution in [-0.2, 0) is 0 Å². The number of thiophene rings is 1. The molecule has 0 aliphatic heterocycles. The highest BCUT2D eigenvalue weighted by atomic mass is 32.1. The van der Waals surface area contributed by atoms with E-state index >= 15 is 0 Å². The van der Waals surface area contributed by atoms with Gasteiger partial charge in [-0.2, -0.15) is 0 Å². The van der Waals surface area contributed by atoms with Gasteiger partial charge in [0.1, 0.15) is 0 Å². The van der Waals surface area contributed by atoms with Gasteiger partial charge in [-0.05, 0) is 36.1 Å². The zero-order valence-electron chi connectivity index (χ0n) is 15.2. The number of hydrogen-bond acceptors (Lipinski definition) is 2. The molecule has 0 amide bonds. The van der Waals surface area contributed by atoms with Crippen LogP contribution in [0, 0.1) is 6.92 Å². The predicted octanol–water partition coefficient (Wildman–Crippen LogP) is 7.25. The monoisotopic (exact) mass is 345 g/mol. The fourth-order valence-electron chi connectivity index (χ4n) is 3.62. The van der Waals surface area contributed by atoms with Gasteiger partial charge in [-0.15, -0.1) is 11.3 Å². The first kappa shape index (κ1) is 16.2. The number of fused-ring (bicyclic) bond motifs is 3. The lowest BCUT2D eigenvalue weighted by Gasteiger charge is -2.24. The molecule has 0 saturated carbocycles. The maximum absolute atomic E-state index is 2.35. The number of aryl methyl sites for hydroxylation is 1. The molecule has 0 atom stereocenters. The van der Waals surface area contributed by atoms with Crippen molar-refractivity contribution in [3.8, 4) is 0 Å². The number of benzene rings is 3. The van der Waals surface area contributed by atoms with Crippen molar-refractivity contribution in [1.82, 2.24) is 0 Å². The van der Waals surface area contributed by atoms with Crippen LogP contribution in [0.1, 0.15) is 30.9 Å². The van der Waals surface area contributed by atoms with Crippen LogP contribution in [0.5, 0.6) is 0 Å². The summed E-state index contributed by atoms with van der Waals surface area (Å²) in [6.45, 7) is 6.72. The second kappa shape index (κ2) is 6.20. The molecule has 1 heterocycles. The molecular weight excluding hydrogens is 322 g/mol. The molecule has 4 rings (SSSR count). The van der Waals surface area contributed by atoms with Crippen molar-refractivity contribution in [2.45, 2.75) is 26.7 Å². The predicted molar refractivity (Wildman–Crippen MR) is 113 cm³/mol. The van der Waals surface area contributed by atoms with Gasteiger partial charge in [0.2, 0.25) is 0 Å². The van der Waals surface area contributed by atoms with E-state index in [4.69, 9.17) is 0 Å². The average Bonchev–Trinajstić information content (AvgIpc) is 3.01. The molecule has 1 nitrogen and oxygen atoms in total. The summed E-state index contributed by atoms with van der Waals surface area (Å²) in [6, 6.07) is 22.0. The zero-order chi connectivity index (χ0) is 17.6. The number of nitrogens with zero attached hydrogens (tertiary/aromatic N) is 1. The van der Waals surface area contributed by atoms with Crippen LogP contribution < -0.4 is 4.90 Å². The molecule has 0 radical (unpaired) electrons. The van der Waals surface area contributed by atoms with E-state index in [0.717, 1.165) is 0 Å². The van der Waals surface area contributed by atoms with Crippen molar-refractivity contribution in [1.29, 1.82) is 0 Å². The maximum Gasteiger partial charge on any atom is 0.0592 e. The smallest absolute Gasteiger partial charge is 0.0592 e. The maximum atomic E-state index is 2.35. The van der Waals surface area contributed by atoms with E-state index in [2.05, 4.69) is 93.4 Å². The molecule has 0 N–H and O–H groups in total. The van der Waals surface area contributed by atoms with Crippen LogP contribution in [0.3, 0.4) is 0 Å². The van der Waals surface area contributed by atoms with Crippen LogP contribution >= 0.6 is 11.3 Å². The second-order valence-electron chi connectivity index (χ2n) is 6.98. The highest BCUT2D eigenvalue weighted by Crippen LogP contribution is 2.43. The normalized spacial score (nSPS) is 11.6. The summed E-state index contributed by atoms with van der Waals surface area (Å²) in [5.74, 6) is 0.502. The van der Waals surface area contributed by atoms with Crippen molar-refractivity contribution >= 4 is 42.9 Å². The van der Waals surface area contributed by atoms with Crippen molar-refractivity contribution in [2.75, 3.05) is 11.9 Å². The Morgan fingerprint density at radius 2 is 1.40 bits per heavy atom. The Labute approximate surface area is 153 Å². The van der Waals surface area contributed by atoms with Crippen molar-refractivity contribution in [3.63, 3.8) is 0 Å².